The number of nitrogens with zero attached hydrogens (tertiary/aromatic N) is 1. The fraction of sp³-hybridized carbons (Fsp3) is 0.294. The number of hydrogen-bond acceptors (Lipinski definition) is 3. The van der Waals surface area contributed by atoms with Crippen molar-refractivity contribution in [2.75, 3.05) is 0 Å². The molecule has 21 heavy (non-hydrogen) atoms. The van der Waals surface area contributed by atoms with Gasteiger partial charge in [-0.15, -0.1) is 0 Å². The van der Waals surface area contributed by atoms with Crippen molar-refractivity contribution in [3.05, 3.63) is 64.2 Å². The average molecular weight is 289 g/mol. The minimum atomic E-state index is -0.410. The van der Waals surface area contributed by atoms with E-state index >= 15 is 0 Å². The summed E-state index contributed by atoms with van der Waals surface area (Å²) in [6, 6.07) is 14.0. The highest BCUT2D eigenvalue weighted by Gasteiger charge is 2.11. The lowest BCUT2D eigenvalue weighted by atomic mass is 10.2. The predicted molar refractivity (Wildman–Crippen MR) is 87.0 cm³/mol. The van der Waals surface area contributed by atoms with Crippen LogP contribution in [0.25, 0.3) is 0 Å². The van der Waals surface area contributed by atoms with Gasteiger partial charge in [0.2, 0.25) is 0 Å². The maximum atomic E-state index is 10.8. The Hall–Kier alpha value is -2.36. The summed E-state index contributed by atoms with van der Waals surface area (Å²) in [6.07, 6.45) is 0. The molecule has 0 atom stereocenters. The van der Waals surface area contributed by atoms with Gasteiger partial charge in [0.05, 0.1) is 11.0 Å². The lowest BCUT2D eigenvalue weighted by molar-refractivity contribution is -0.385. The van der Waals surface area contributed by atoms with Crippen LogP contribution in [0.5, 0.6) is 11.5 Å². The van der Waals surface area contributed by atoms with Crippen molar-refractivity contribution in [3.63, 3.8) is 0 Å². The highest BCUT2D eigenvalue weighted by Crippen LogP contribution is 2.27. The topological polar surface area (TPSA) is 52.4 Å². The molecular formula is C17H23NO3. The summed E-state index contributed by atoms with van der Waals surface area (Å²) in [4.78, 5) is 10.4. The minimum Gasteiger partial charge on any atom is -0.457 e. The Morgan fingerprint density at radius 3 is 2.00 bits per heavy atom. The lowest BCUT2D eigenvalue weighted by Gasteiger charge is -2.05. The van der Waals surface area contributed by atoms with Crippen LogP contribution in [0.3, 0.4) is 0 Å². The van der Waals surface area contributed by atoms with Crippen LogP contribution in [0, 0.1) is 17.0 Å². The second-order valence-electron chi connectivity index (χ2n) is 3.62. The third kappa shape index (κ3) is 6.08. The summed E-state index contributed by atoms with van der Waals surface area (Å²) in [5.74, 6) is 1.12. The molecule has 0 aromatic heterocycles. The number of rotatable bonds is 3. The van der Waals surface area contributed by atoms with E-state index in [4.69, 9.17) is 4.74 Å². The molecule has 114 valence electrons. The van der Waals surface area contributed by atoms with Gasteiger partial charge in [-0.3, -0.25) is 10.1 Å². The Balaban J connectivity index is 0.000000921. The Kier molecular flexibility index (Phi) is 9.26. The number of aryl methyl sites for hydroxylation is 1. The predicted octanol–water partition coefficient (Wildman–Crippen LogP) is 5.75. The van der Waals surface area contributed by atoms with Gasteiger partial charge in [-0.2, -0.15) is 0 Å². The van der Waals surface area contributed by atoms with Crippen LogP contribution < -0.4 is 4.74 Å². The van der Waals surface area contributed by atoms with Gasteiger partial charge in [-0.05, 0) is 31.2 Å². The number of hydrogen-bond donors (Lipinski definition) is 0. The maximum Gasteiger partial charge on any atom is 0.276 e. The highest BCUT2D eigenvalue weighted by molar-refractivity contribution is 5.46. The molecule has 4 nitrogen and oxygen atoms in total. The van der Waals surface area contributed by atoms with Gasteiger partial charge in [0.25, 0.3) is 5.69 Å². The van der Waals surface area contributed by atoms with E-state index in [1.807, 2.05) is 45.9 Å². The first-order valence-corrected chi connectivity index (χ1v) is 7.15. The van der Waals surface area contributed by atoms with Gasteiger partial charge in [0.1, 0.15) is 11.5 Å². The van der Waals surface area contributed by atoms with Gasteiger partial charge in [0.15, 0.2) is 0 Å². The van der Waals surface area contributed by atoms with Crippen LogP contribution in [0.1, 0.15) is 33.3 Å². The fourth-order valence-corrected chi connectivity index (χ4v) is 1.47. The van der Waals surface area contributed by atoms with Crippen molar-refractivity contribution in [2.45, 2.75) is 34.6 Å². The van der Waals surface area contributed by atoms with Gasteiger partial charge in [-0.25, -0.2) is 0 Å². The van der Waals surface area contributed by atoms with Crippen molar-refractivity contribution < 1.29 is 9.66 Å². The molecule has 0 radical (unpaired) electrons. The summed E-state index contributed by atoms with van der Waals surface area (Å²) < 4.78 is 5.52. The number of nitro benzene ring substituents is 1. The molecule has 2 aromatic carbocycles. The van der Waals surface area contributed by atoms with Crippen molar-refractivity contribution in [2.24, 2.45) is 0 Å². The first-order chi connectivity index (χ1) is 10.2. The summed E-state index contributed by atoms with van der Waals surface area (Å²) in [6.45, 7) is 9.70. The molecule has 0 fully saturated rings. The van der Waals surface area contributed by atoms with E-state index in [1.165, 1.54) is 6.07 Å². The minimum absolute atomic E-state index is 0.0680. The summed E-state index contributed by atoms with van der Waals surface area (Å²) in [5.41, 5.74) is 0.689. The average Bonchev–Trinajstić information content (AvgIpc) is 2.54. The summed E-state index contributed by atoms with van der Waals surface area (Å²) >= 11 is 0. The van der Waals surface area contributed by atoms with Gasteiger partial charge < -0.3 is 4.74 Å². The molecular weight excluding hydrogens is 266 g/mol. The normalized spacial score (nSPS) is 8.62. The molecule has 0 aliphatic rings. The highest BCUT2D eigenvalue weighted by atomic mass is 16.6. The van der Waals surface area contributed by atoms with Crippen molar-refractivity contribution in [1.29, 1.82) is 0 Å². The first-order valence-electron chi connectivity index (χ1n) is 7.15. The number of ether oxygens (including phenoxy) is 1. The van der Waals surface area contributed by atoms with Crippen molar-refractivity contribution >= 4 is 5.69 Å². The van der Waals surface area contributed by atoms with E-state index in [1.54, 1.807) is 31.2 Å². The number of para-hydroxylation sites is 1. The van der Waals surface area contributed by atoms with Crippen molar-refractivity contribution in [3.8, 4) is 11.5 Å². The molecule has 2 aromatic rings. The molecule has 0 heterocycles. The van der Waals surface area contributed by atoms with Crippen LogP contribution in [0.15, 0.2) is 48.5 Å². The zero-order valence-corrected chi connectivity index (χ0v) is 13.3. The molecule has 0 aliphatic heterocycles. The Morgan fingerprint density at radius 2 is 1.48 bits per heavy atom. The van der Waals surface area contributed by atoms with Crippen LogP contribution >= 0.6 is 0 Å². The van der Waals surface area contributed by atoms with Crippen LogP contribution in [-0.4, -0.2) is 4.92 Å². The summed E-state index contributed by atoms with van der Waals surface area (Å²) in [5, 5.41) is 10.8. The fourth-order valence-electron chi connectivity index (χ4n) is 1.47. The number of benzene rings is 2. The second kappa shape index (κ2) is 10.4. The molecule has 0 spiro atoms. The van der Waals surface area contributed by atoms with E-state index in [2.05, 4.69) is 0 Å². The third-order valence-electron chi connectivity index (χ3n) is 2.36. The monoisotopic (exact) mass is 289 g/mol. The van der Waals surface area contributed by atoms with Crippen LogP contribution in [0.2, 0.25) is 0 Å². The SMILES string of the molecule is CC.CC.Cc1ccc(Oc2ccccc2)cc1[N+](=O)[O-]. The molecule has 0 bridgehead atoms. The van der Waals surface area contributed by atoms with Crippen LogP contribution in [-0.2, 0) is 0 Å². The summed E-state index contributed by atoms with van der Waals surface area (Å²) in [7, 11) is 0. The Bertz CT molecular complexity index is 539. The largest absolute Gasteiger partial charge is 0.457 e. The quantitative estimate of drug-likeness (QED) is 0.534. The smallest absolute Gasteiger partial charge is 0.276 e. The van der Waals surface area contributed by atoms with Gasteiger partial charge in [0, 0.05) is 5.56 Å². The zero-order valence-electron chi connectivity index (χ0n) is 13.3. The van der Waals surface area contributed by atoms with Gasteiger partial charge in [-0.1, -0.05) is 45.9 Å². The van der Waals surface area contributed by atoms with E-state index in [0.717, 1.165) is 0 Å². The molecule has 0 amide bonds. The molecule has 0 N–H and O–H groups in total. The Labute approximate surface area is 126 Å². The van der Waals surface area contributed by atoms with E-state index in [9.17, 15) is 10.1 Å². The molecule has 4 heteroatoms. The van der Waals surface area contributed by atoms with Gasteiger partial charge >= 0.3 is 0 Å². The maximum absolute atomic E-state index is 10.8. The first kappa shape index (κ1) is 18.6. The van der Waals surface area contributed by atoms with E-state index in [-0.39, 0.29) is 5.69 Å². The number of nitro groups is 1. The molecule has 0 saturated heterocycles. The lowest BCUT2D eigenvalue weighted by Crippen LogP contribution is -1.92. The second-order valence-corrected chi connectivity index (χ2v) is 3.62. The molecule has 2 rings (SSSR count). The zero-order chi connectivity index (χ0) is 16.3. The van der Waals surface area contributed by atoms with E-state index < -0.39 is 4.92 Å². The standard InChI is InChI=1S/C13H11NO3.2C2H6/c1-10-7-8-12(9-13(10)14(15)16)17-11-5-3-2-4-6-11;2*1-2/h2-9H,1H3;2*1-2H3. The molecule has 0 unspecified atom stereocenters. The Morgan fingerprint density at radius 1 is 0.905 bits per heavy atom. The third-order valence-corrected chi connectivity index (χ3v) is 2.36. The molecule has 0 aliphatic carbocycles. The van der Waals surface area contributed by atoms with Crippen molar-refractivity contribution in [1.82, 2.24) is 0 Å². The van der Waals surface area contributed by atoms with E-state index in [0.29, 0.717) is 17.1 Å². The molecule has 0 saturated carbocycles. The van der Waals surface area contributed by atoms with Crippen LogP contribution in [0.4, 0.5) is 5.69 Å².